The minimum absolute atomic E-state index is 0.00685. The van der Waals surface area contributed by atoms with Crippen molar-refractivity contribution in [3.05, 3.63) is 47.0 Å². The molecule has 0 bridgehead atoms. The van der Waals surface area contributed by atoms with Gasteiger partial charge in [0.05, 0.1) is 27.7 Å². The van der Waals surface area contributed by atoms with Gasteiger partial charge in [0.25, 0.3) is 10.0 Å². The Morgan fingerprint density at radius 1 is 1.25 bits per heavy atom. The van der Waals surface area contributed by atoms with Crippen LogP contribution in [0.5, 0.6) is 5.75 Å². The molecule has 1 atom stereocenters. The van der Waals surface area contributed by atoms with E-state index in [9.17, 15) is 18.0 Å². The number of ether oxygens (including phenoxy) is 1. The average Bonchev–Trinajstić information content (AvgIpc) is 2.61. The molecule has 0 aliphatic carbocycles. The molecule has 0 spiro atoms. The van der Waals surface area contributed by atoms with E-state index < -0.39 is 16.0 Å². The number of hydrogen-bond acceptors (Lipinski definition) is 5. The number of carbonyl (C=O) groups is 2. The zero-order valence-corrected chi connectivity index (χ0v) is 16.5. The molecule has 28 heavy (non-hydrogen) atoms. The standard InChI is InChI=1S/C18H17ClN2O6S/c1-10-9-21(11(2)22)16-8-13(4-6-17(16)27-10)28(25,26)20-12-3-5-15(19)14(7-12)18(23)24/h3-8,10,20H,9H2,1-2H3,(H,23,24). The van der Waals surface area contributed by atoms with Gasteiger partial charge in [-0.2, -0.15) is 0 Å². The summed E-state index contributed by atoms with van der Waals surface area (Å²) >= 11 is 5.81. The summed E-state index contributed by atoms with van der Waals surface area (Å²) in [6.45, 7) is 3.51. The third-order valence-corrected chi connectivity index (χ3v) is 5.84. The summed E-state index contributed by atoms with van der Waals surface area (Å²) in [5.41, 5.74) is 0.182. The SMILES string of the molecule is CC(=O)N1CC(C)Oc2ccc(S(=O)(=O)Nc3ccc(Cl)c(C(=O)O)c3)cc21. The molecule has 0 aromatic heterocycles. The molecular weight excluding hydrogens is 408 g/mol. The van der Waals surface area contributed by atoms with Gasteiger partial charge in [-0.15, -0.1) is 0 Å². The van der Waals surface area contributed by atoms with Crippen LogP contribution in [0.15, 0.2) is 41.3 Å². The normalized spacial score (nSPS) is 16.1. The van der Waals surface area contributed by atoms with E-state index in [1.165, 1.54) is 42.2 Å². The van der Waals surface area contributed by atoms with Crippen molar-refractivity contribution in [3.63, 3.8) is 0 Å². The number of anilines is 2. The second kappa shape index (κ2) is 7.33. The lowest BCUT2D eigenvalue weighted by Crippen LogP contribution is -2.41. The molecule has 3 rings (SSSR count). The van der Waals surface area contributed by atoms with Crippen LogP contribution in [0.2, 0.25) is 5.02 Å². The van der Waals surface area contributed by atoms with Crippen LogP contribution in [0.1, 0.15) is 24.2 Å². The third-order valence-electron chi connectivity index (χ3n) is 4.13. The average molecular weight is 425 g/mol. The zero-order valence-electron chi connectivity index (χ0n) is 15.0. The smallest absolute Gasteiger partial charge is 0.337 e. The van der Waals surface area contributed by atoms with Crippen LogP contribution in [0.3, 0.4) is 0 Å². The van der Waals surface area contributed by atoms with Gasteiger partial charge in [0.2, 0.25) is 5.91 Å². The number of nitrogens with zero attached hydrogens (tertiary/aromatic N) is 1. The maximum atomic E-state index is 12.8. The molecule has 2 aromatic rings. The van der Waals surface area contributed by atoms with Crippen LogP contribution in [0, 0.1) is 0 Å². The van der Waals surface area contributed by atoms with Gasteiger partial charge in [-0.3, -0.25) is 9.52 Å². The van der Waals surface area contributed by atoms with Gasteiger partial charge in [-0.05, 0) is 43.3 Å². The highest BCUT2D eigenvalue weighted by Crippen LogP contribution is 2.36. The van der Waals surface area contributed by atoms with Crippen molar-refractivity contribution in [3.8, 4) is 5.75 Å². The first-order chi connectivity index (χ1) is 13.1. The van der Waals surface area contributed by atoms with Crippen LogP contribution in [-0.4, -0.2) is 38.0 Å². The largest absolute Gasteiger partial charge is 0.487 e. The molecule has 0 saturated carbocycles. The van der Waals surface area contributed by atoms with Crippen molar-refractivity contribution in [2.24, 2.45) is 0 Å². The van der Waals surface area contributed by atoms with E-state index in [0.717, 1.165) is 6.07 Å². The Labute approximate surface area is 166 Å². The van der Waals surface area contributed by atoms with Gasteiger partial charge in [-0.25, -0.2) is 13.2 Å². The first kappa shape index (κ1) is 20.0. The summed E-state index contributed by atoms with van der Waals surface area (Å²) in [5.74, 6) is -1.10. The van der Waals surface area contributed by atoms with Crippen LogP contribution in [0.25, 0.3) is 0 Å². The number of carboxylic acid groups (broad SMARTS) is 1. The van der Waals surface area contributed by atoms with Crippen molar-refractivity contribution < 1.29 is 27.9 Å². The van der Waals surface area contributed by atoms with Crippen LogP contribution in [-0.2, 0) is 14.8 Å². The van der Waals surface area contributed by atoms with Crippen molar-refractivity contribution in [1.29, 1.82) is 0 Å². The van der Waals surface area contributed by atoms with Crippen molar-refractivity contribution in [2.45, 2.75) is 24.8 Å². The minimum atomic E-state index is -4.04. The highest BCUT2D eigenvalue weighted by molar-refractivity contribution is 7.92. The van der Waals surface area contributed by atoms with Gasteiger partial charge in [-0.1, -0.05) is 11.6 Å². The molecule has 8 nitrogen and oxygen atoms in total. The van der Waals surface area contributed by atoms with Gasteiger partial charge < -0.3 is 14.7 Å². The number of fused-ring (bicyclic) bond motifs is 1. The Bertz CT molecular complexity index is 1070. The van der Waals surface area contributed by atoms with Gasteiger partial charge >= 0.3 is 5.97 Å². The van der Waals surface area contributed by atoms with Crippen molar-refractivity contribution >= 4 is 44.9 Å². The van der Waals surface area contributed by atoms with Crippen molar-refractivity contribution in [1.82, 2.24) is 0 Å². The van der Waals surface area contributed by atoms with Crippen LogP contribution in [0.4, 0.5) is 11.4 Å². The van der Waals surface area contributed by atoms with Gasteiger partial charge in [0.1, 0.15) is 11.9 Å². The molecule has 0 saturated heterocycles. The molecule has 1 amide bonds. The summed E-state index contributed by atoms with van der Waals surface area (Å²) in [7, 11) is -4.04. The predicted octanol–water partition coefficient (Wildman–Crippen LogP) is 2.97. The van der Waals surface area contributed by atoms with E-state index in [0.29, 0.717) is 18.0 Å². The Morgan fingerprint density at radius 3 is 2.61 bits per heavy atom. The molecule has 2 aromatic carbocycles. The van der Waals surface area contributed by atoms with Gasteiger partial charge in [0, 0.05) is 12.6 Å². The molecule has 0 radical (unpaired) electrons. The Balaban J connectivity index is 1.97. The number of benzene rings is 2. The van der Waals surface area contributed by atoms with E-state index in [2.05, 4.69) is 4.72 Å². The number of nitrogens with one attached hydrogen (secondary N) is 1. The number of rotatable bonds is 4. The summed E-state index contributed by atoms with van der Waals surface area (Å²) in [5, 5.41) is 9.12. The predicted molar refractivity (Wildman–Crippen MR) is 104 cm³/mol. The third kappa shape index (κ3) is 3.90. The molecule has 1 unspecified atom stereocenters. The van der Waals surface area contributed by atoms with E-state index in [-0.39, 0.29) is 33.2 Å². The second-order valence-corrected chi connectivity index (χ2v) is 8.38. The molecule has 10 heteroatoms. The fraction of sp³-hybridized carbons (Fsp3) is 0.222. The first-order valence-corrected chi connectivity index (χ1v) is 10.1. The molecule has 2 N–H and O–H groups in total. The number of sulfonamides is 1. The molecular formula is C18H17ClN2O6S. The zero-order chi connectivity index (χ0) is 20.6. The number of carboxylic acids is 1. The Kier molecular flexibility index (Phi) is 5.22. The lowest BCUT2D eigenvalue weighted by atomic mass is 10.2. The monoisotopic (exact) mass is 424 g/mol. The minimum Gasteiger partial charge on any atom is -0.487 e. The quantitative estimate of drug-likeness (QED) is 0.780. The fourth-order valence-electron chi connectivity index (χ4n) is 2.85. The van der Waals surface area contributed by atoms with Crippen molar-refractivity contribution in [2.75, 3.05) is 16.2 Å². The molecule has 1 aliphatic rings. The molecule has 148 valence electrons. The van der Waals surface area contributed by atoms with E-state index in [4.69, 9.17) is 21.4 Å². The first-order valence-electron chi connectivity index (χ1n) is 8.23. The lowest BCUT2D eigenvalue weighted by molar-refractivity contribution is -0.117. The van der Waals surface area contributed by atoms with E-state index >= 15 is 0 Å². The topological polar surface area (TPSA) is 113 Å². The number of hydrogen-bond donors (Lipinski definition) is 2. The highest BCUT2D eigenvalue weighted by atomic mass is 35.5. The molecule has 1 heterocycles. The maximum Gasteiger partial charge on any atom is 0.337 e. The summed E-state index contributed by atoms with van der Waals surface area (Å²) in [4.78, 5) is 24.5. The molecule has 1 aliphatic heterocycles. The Morgan fingerprint density at radius 2 is 1.96 bits per heavy atom. The fourth-order valence-corrected chi connectivity index (χ4v) is 4.12. The van der Waals surface area contributed by atoms with Crippen LogP contribution < -0.4 is 14.4 Å². The van der Waals surface area contributed by atoms with Gasteiger partial charge in [0.15, 0.2) is 0 Å². The second-order valence-electron chi connectivity index (χ2n) is 6.29. The van der Waals surface area contributed by atoms with E-state index in [1.54, 1.807) is 0 Å². The lowest BCUT2D eigenvalue weighted by Gasteiger charge is -2.33. The van der Waals surface area contributed by atoms with E-state index in [1.807, 2.05) is 6.92 Å². The van der Waals surface area contributed by atoms with Crippen LogP contribution >= 0.6 is 11.6 Å². The summed E-state index contributed by atoms with van der Waals surface area (Å²) < 4.78 is 33.5. The number of halogens is 1. The number of aromatic carboxylic acids is 1. The number of carbonyl (C=O) groups excluding carboxylic acids is 1. The Hall–Kier alpha value is -2.78. The summed E-state index contributed by atoms with van der Waals surface area (Å²) in [6, 6.07) is 7.97. The number of amides is 1. The molecule has 0 fully saturated rings. The highest BCUT2D eigenvalue weighted by Gasteiger charge is 2.28. The maximum absolute atomic E-state index is 12.8. The summed E-state index contributed by atoms with van der Waals surface area (Å²) in [6.07, 6.45) is -0.222.